The lowest BCUT2D eigenvalue weighted by atomic mass is 10.1. The minimum Gasteiger partial charge on any atom is -0.259 e. The van der Waals surface area contributed by atoms with Crippen molar-refractivity contribution in [2.45, 2.75) is 18.2 Å². The first-order chi connectivity index (χ1) is 7.29. The van der Waals surface area contributed by atoms with Crippen LogP contribution in [0.1, 0.15) is 23.2 Å². The third-order valence-electron chi connectivity index (χ3n) is 1.86. The topological polar surface area (TPSA) is 70.8 Å². The van der Waals surface area contributed by atoms with Crippen LogP contribution >= 0.6 is 10.7 Å². The van der Waals surface area contributed by atoms with Crippen molar-refractivity contribution in [3.05, 3.63) is 23.0 Å². The molecular weight excluding hydrogens is 262 g/mol. The molecule has 0 aromatic carbocycles. The van der Waals surface area contributed by atoms with Crippen molar-refractivity contribution in [3.63, 3.8) is 0 Å². The van der Waals surface area contributed by atoms with Gasteiger partial charge in [0.1, 0.15) is 11.0 Å². The highest BCUT2D eigenvalue weighted by atomic mass is 35.7. The first kappa shape index (κ1) is 12.8. The number of pyridine rings is 1. The van der Waals surface area contributed by atoms with Gasteiger partial charge in [-0.05, 0) is 6.92 Å². The highest BCUT2D eigenvalue weighted by Gasteiger charge is 2.27. The Balaban J connectivity index is 3.74. The molecule has 1 rings (SSSR count). The maximum absolute atomic E-state index is 12.7. The monoisotopic (exact) mass is 266 g/mol. The van der Waals surface area contributed by atoms with E-state index in [1.54, 1.807) is 0 Å². The summed E-state index contributed by atoms with van der Waals surface area (Å²) in [5.41, 5.74) is -1.33. The largest absolute Gasteiger partial charge is 0.266 e. The van der Waals surface area contributed by atoms with Crippen molar-refractivity contribution in [2.75, 3.05) is 0 Å². The Labute approximate surface area is 94.9 Å². The molecule has 0 aliphatic rings. The van der Waals surface area contributed by atoms with Crippen molar-refractivity contribution in [1.29, 1.82) is 5.26 Å². The Kier molecular flexibility index (Phi) is 3.45. The summed E-state index contributed by atoms with van der Waals surface area (Å²) >= 11 is 0. The SMILES string of the molecule is Cc1ncc(S(=O)(=O)Cl)c(C(F)F)c1C#N. The van der Waals surface area contributed by atoms with Gasteiger partial charge in [0.15, 0.2) is 0 Å². The van der Waals surface area contributed by atoms with Gasteiger partial charge < -0.3 is 0 Å². The van der Waals surface area contributed by atoms with Crippen LogP contribution in [0.15, 0.2) is 11.1 Å². The smallest absolute Gasteiger partial charge is 0.259 e. The van der Waals surface area contributed by atoms with Crippen LogP contribution in [0, 0.1) is 18.3 Å². The third-order valence-corrected chi connectivity index (χ3v) is 3.21. The molecule has 86 valence electrons. The summed E-state index contributed by atoms with van der Waals surface area (Å²) in [4.78, 5) is 2.71. The Hall–Kier alpha value is -1.26. The van der Waals surface area contributed by atoms with Crippen molar-refractivity contribution in [3.8, 4) is 6.07 Å². The van der Waals surface area contributed by atoms with Gasteiger partial charge in [-0.1, -0.05) is 0 Å². The first-order valence-electron chi connectivity index (χ1n) is 3.91. The van der Waals surface area contributed by atoms with E-state index in [9.17, 15) is 17.2 Å². The summed E-state index contributed by atoms with van der Waals surface area (Å²) in [5, 5.41) is 8.68. The molecule has 0 radical (unpaired) electrons. The number of aryl methyl sites for hydroxylation is 1. The fourth-order valence-corrected chi connectivity index (χ4v) is 2.16. The normalized spacial score (nSPS) is 11.5. The molecule has 0 unspecified atom stereocenters. The molecule has 0 aliphatic carbocycles. The maximum Gasteiger partial charge on any atom is 0.266 e. The standard InChI is InChI=1S/C8H5ClF2N2O2S/c1-4-5(2-12)7(8(10)11)6(3-13-4)16(9,14)15/h3,8H,1H3. The molecule has 0 fully saturated rings. The lowest BCUT2D eigenvalue weighted by molar-refractivity contribution is 0.147. The van der Waals surface area contributed by atoms with Gasteiger partial charge in [-0.2, -0.15) is 5.26 Å². The number of aromatic nitrogens is 1. The summed E-state index contributed by atoms with van der Waals surface area (Å²) in [5.74, 6) is 0. The van der Waals surface area contributed by atoms with Gasteiger partial charge in [0.2, 0.25) is 0 Å². The molecule has 0 amide bonds. The molecular formula is C8H5ClF2N2O2S. The quantitative estimate of drug-likeness (QED) is 0.769. The van der Waals surface area contributed by atoms with E-state index in [1.165, 1.54) is 13.0 Å². The van der Waals surface area contributed by atoms with Crippen LogP contribution in [0.3, 0.4) is 0 Å². The molecule has 0 saturated carbocycles. The third kappa shape index (κ3) is 2.28. The Morgan fingerprint density at radius 3 is 2.50 bits per heavy atom. The van der Waals surface area contributed by atoms with Gasteiger partial charge in [0.25, 0.3) is 15.5 Å². The minimum absolute atomic E-state index is 0.0295. The molecule has 0 atom stereocenters. The predicted octanol–water partition coefficient (Wildman–Crippen LogP) is 2.13. The minimum atomic E-state index is -4.35. The zero-order valence-electron chi connectivity index (χ0n) is 7.91. The zero-order chi connectivity index (χ0) is 12.5. The fourth-order valence-electron chi connectivity index (χ4n) is 1.16. The van der Waals surface area contributed by atoms with Crippen molar-refractivity contribution >= 4 is 19.7 Å². The van der Waals surface area contributed by atoms with E-state index < -0.39 is 31.5 Å². The summed E-state index contributed by atoms with van der Waals surface area (Å²) in [6.07, 6.45) is -2.39. The number of nitrogens with zero attached hydrogens (tertiary/aromatic N) is 2. The van der Waals surface area contributed by atoms with Gasteiger partial charge in [-0.15, -0.1) is 0 Å². The van der Waals surface area contributed by atoms with Crippen LogP contribution in [-0.2, 0) is 9.05 Å². The predicted molar refractivity (Wildman–Crippen MR) is 51.7 cm³/mol. The van der Waals surface area contributed by atoms with Crippen molar-refractivity contribution in [1.82, 2.24) is 4.98 Å². The van der Waals surface area contributed by atoms with Crippen LogP contribution in [0.5, 0.6) is 0 Å². The van der Waals surface area contributed by atoms with Crippen LogP contribution in [-0.4, -0.2) is 13.4 Å². The lowest BCUT2D eigenvalue weighted by Gasteiger charge is -2.08. The maximum atomic E-state index is 12.7. The number of rotatable bonds is 2. The van der Waals surface area contributed by atoms with E-state index in [0.717, 1.165) is 6.20 Å². The first-order valence-corrected chi connectivity index (χ1v) is 6.22. The molecule has 0 N–H and O–H groups in total. The Bertz CT molecular complexity index is 566. The summed E-state index contributed by atoms with van der Waals surface area (Å²) < 4.78 is 47.4. The van der Waals surface area contributed by atoms with Gasteiger partial charge in [0.05, 0.1) is 16.8 Å². The van der Waals surface area contributed by atoms with Gasteiger partial charge >= 0.3 is 0 Å². The highest BCUT2D eigenvalue weighted by molar-refractivity contribution is 8.13. The molecule has 1 aromatic heterocycles. The lowest BCUT2D eigenvalue weighted by Crippen LogP contribution is -2.05. The summed E-state index contributed by atoms with van der Waals surface area (Å²) in [6, 6.07) is 1.49. The molecule has 0 spiro atoms. The van der Waals surface area contributed by atoms with E-state index in [2.05, 4.69) is 4.98 Å². The summed E-state index contributed by atoms with van der Waals surface area (Å²) in [6.45, 7) is 1.33. The van der Waals surface area contributed by atoms with E-state index >= 15 is 0 Å². The van der Waals surface area contributed by atoms with Crippen molar-refractivity contribution in [2.24, 2.45) is 0 Å². The van der Waals surface area contributed by atoms with Crippen LogP contribution in [0.2, 0.25) is 0 Å². The summed E-state index contributed by atoms with van der Waals surface area (Å²) in [7, 11) is 0.629. The molecule has 4 nitrogen and oxygen atoms in total. The van der Waals surface area contributed by atoms with Crippen LogP contribution < -0.4 is 0 Å². The second-order valence-electron chi connectivity index (χ2n) is 2.85. The zero-order valence-corrected chi connectivity index (χ0v) is 9.48. The van der Waals surface area contributed by atoms with Crippen molar-refractivity contribution < 1.29 is 17.2 Å². The van der Waals surface area contributed by atoms with E-state index in [0.29, 0.717) is 0 Å². The fraction of sp³-hybridized carbons (Fsp3) is 0.250. The molecule has 1 heterocycles. The van der Waals surface area contributed by atoms with Gasteiger partial charge in [-0.3, -0.25) is 4.98 Å². The second kappa shape index (κ2) is 4.31. The van der Waals surface area contributed by atoms with Gasteiger partial charge in [-0.25, -0.2) is 17.2 Å². The Morgan fingerprint density at radius 2 is 2.12 bits per heavy atom. The molecule has 16 heavy (non-hydrogen) atoms. The van der Waals surface area contributed by atoms with Crippen LogP contribution in [0.4, 0.5) is 8.78 Å². The van der Waals surface area contributed by atoms with E-state index in [1.807, 2.05) is 0 Å². The molecule has 0 bridgehead atoms. The van der Waals surface area contributed by atoms with E-state index in [4.69, 9.17) is 15.9 Å². The second-order valence-corrected chi connectivity index (χ2v) is 5.38. The molecule has 8 heteroatoms. The van der Waals surface area contributed by atoms with Crippen LogP contribution in [0.25, 0.3) is 0 Å². The molecule has 1 aromatic rings. The average Bonchev–Trinajstić information content (AvgIpc) is 2.14. The number of hydrogen-bond donors (Lipinski definition) is 0. The molecule has 0 saturated heterocycles. The Morgan fingerprint density at radius 1 is 1.56 bits per heavy atom. The number of nitriles is 1. The molecule has 0 aliphatic heterocycles. The average molecular weight is 267 g/mol. The number of alkyl halides is 2. The van der Waals surface area contributed by atoms with E-state index in [-0.39, 0.29) is 5.69 Å². The highest BCUT2D eigenvalue weighted by Crippen LogP contribution is 2.31. The number of hydrogen-bond acceptors (Lipinski definition) is 4. The van der Waals surface area contributed by atoms with Gasteiger partial charge in [0, 0.05) is 16.9 Å². The number of halogens is 3.